The predicted molar refractivity (Wildman–Crippen MR) is 118 cm³/mol. The van der Waals surface area contributed by atoms with Gasteiger partial charge in [0.1, 0.15) is 5.76 Å². The number of alkyl halides is 1. The van der Waals surface area contributed by atoms with Crippen molar-refractivity contribution in [3.05, 3.63) is 59.4 Å². The van der Waals surface area contributed by atoms with E-state index < -0.39 is 0 Å². The molecule has 1 aromatic heterocycles. The maximum Gasteiger partial charge on any atom is 0.221 e. The van der Waals surface area contributed by atoms with Crippen LogP contribution in [0, 0.1) is 6.92 Å². The summed E-state index contributed by atoms with van der Waals surface area (Å²) in [5.41, 5.74) is 4.36. The van der Waals surface area contributed by atoms with Crippen LogP contribution in [-0.2, 0) is 16.7 Å². The van der Waals surface area contributed by atoms with Crippen molar-refractivity contribution in [1.29, 1.82) is 0 Å². The van der Waals surface area contributed by atoms with E-state index >= 15 is 0 Å². The Morgan fingerprint density at radius 2 is 2.04 bits per heavy atom. The van der Waals surface area contributed by atoms with E-state index in [4.69, 9.17) is 9.26 Å². The number of anilines is 1. The van der Waals surface area contributed by atoms with Gasteiger partial charge < -0.3 is 9.26 Å². The second-order valence-corrected chi connectivity index (χ2v) is 8.01. The largest absolute Gasteiger partial charge is 0.377 e. The van der Waals surface area contributed by atoms with Crippen LogP contribution in [0.1, 0.15) is 23.8 Å². The minimum Gasteiger partial charge on any atom is -0.377 e. The highest BCUT2D eigenvalue weighted by atomic mass is 79.9. The van der Waals surface area contributed by atoms with Crippen molar-refractivity contribution in [1.82, 2.24) is 5.16 Å². The summed E-state index contributed by atoms with van der Waals surface area (Å²) in [6.07, 6.45) is 0. The second kappa shape index (κ2) is 9.84. The Morgan fingerprint density at radius 1 is 1.25 bits per heavy atom. The average Bonchev–Trinajstić information content (AvgIpc) is 3.05. The number of aryl methyl sites for hydroxylation is 1. The number of hydrogen-bond acceptors (Lipinski definition) is 7. The van der Waals surface area contributed by atoms with E-state index in [9.17, 15) is 5.21 Å². The molecule has 3 rings (SSSR count). The van der Waals surface area contributed by atoms with E-state index in [1.807, 2.05) is 31.2 Å². The monoisotopic (exact) mass is 480 g/mol. The van der Waals surface area contributed by atoms with Crippen LogP contribution in [0.25, 0.3) is 11.1 Å². The first-order valence-electron chi connectivity index (χ1n) is 8.72. The Kier molecular flexibility index (Phi) is 7.48. The summed E-state index contributed by atoms with van der Waals surface area (Å²) >= 11 is 9.02. The number of nitrogens with zero attached hydrogens (tertiary/aromatic N) is 2. The highest BCUT2D eigenvalue weighted by molar-refractivity contribution is 9.08. The van der Waals surface area contributed by atoms with Gasteiger partial charge in [-0.15, -0.1) is 12.6 Å². The highest BCUT2D eigenvalue weighted by Gasteiger charge is 2.19. The van der Waals surface area contributed by atoms with Crippen LogP contribution in [0.15, 0.2) is 56.8 Å². The van der Waals surface area contributed by atoms with E-state index in [1.54, 1.807) is 6.92 Å². The third kappa shape index (κ3) is 4.75. The Bertz CT molecular complexity index is 949. The summed E-state index contributed by atoms with van der Waals surface area (Å²) in [4.78, 5) is 1.38. The van der Waals surface area contributed by atoms with Crippen LogP contribution in [0.5, 0.6) is 0 Å². The lowest BCUT2D eigenvalue weighted by Gasteiger charge is -2.17. The molecule has 0 saturated heterocycles. The maximum atomic E-state index is 10.5. The summed E-state index contributed by atoms with van der Waals surface area (Å²) in [5.74, 6) is 0.820. The summed E-state index contributed by atoms with van der Waals surface area (Å²) in [6.45, 7) is 4.90. The molecule has 28 heavy (non-hydrogen) atoms. The first-order valence-corrected chi connectivity index (χ1v) is 11.1. The molecule has 0 radical (unpaired) electrons. The lowest BCUT2D eigenvalue weighted by molar-refractivity contribution is 0.134. The molecule has 0 atom stereocenters. The molecule has 0 saturated carbocycles. The Balaban J connectivity index is 1.97. The van der Waals surface area contributed by atoms with Crippen LogP contribution in [0.3, 0.4) is 0 Å². The fraction of sp³-hybridized carbons (Fsp3) is 0.250. The van der Waals surface area contributed by atoms with Gasteiger partial charge in [0.2, 0.25) is 5.82 Å². The predicted octanol–water partition coefficient (Wildman–Crippen LogP) is 6.27. The van der Waals surface area contributed by atoms with Crippen molar-refractivity contribution >= 4 is 46.3 Å². The molecule has 1 heterocycles. The first kappa shape index (κ1) is 21.3. The van der Waals surface area contributed by atoms with E-state index in [-0.39, 0.29) is 5.82 Å². The Morgan fingerprint density at radius 3 is 2.71 bits per heavy atom. The zero-order chi connectivity index (χ0) is 20.1. The minimum absolute atomic E-state index is 0.268. The van der Waals surface area contributed by atoms with Crippen LogP contribution in [0.4, 0.5) is 5.82 Å². The number of benzene rings is 2. The van der Waals surface area contributed by atoms with Gasteiger partial charge in [0.05, 0.1) is 11.5 Å². The molecule has 0 unspecified atom stereocenters. The topological polar surface area (TPSA) is 58.7 Å². The third-order valence-corrected chi connectivity index (χ3v) is 6.20. The number of hydrogen-bond donors (Lipinski definition) is 2. The summed E-state index contributed by atoms with van der Waals surface area (Å²) in [5, 5.41) is 15.2. The average molecular weight is 481 g/mol. The second-order valence-electron chi connectivity index (χ2n) is 6.03. The van der Waals surface area contributed by atoms with Crippen LogP contribution < -0.4 is 4.47 Å². The van der Waals surface area contributed by atoms with Crippen LogP contribution in [0.2, 0.25) is 0 Å². The molecule has 148 valence electrons. The summed E-state index contributed by atoms with van der Waals surface area (Å²) < 4.78 is 11.8. The maximum absolute atomic E-state index is 10.5. The first-order chi connectivity index (χ1) is 13.5. The third-order valence-electron chi connectivity index (χ3n) is 4.14. The van der Waals surface area contributed by atoms with Gasteiger partial charge in [-0.05, 0) is 42.2 Å². The molecule has 0 aliphatic carbocycles. The molecule has 0 fully saturated rings. The van der Waals surface area contributed by atoms with Gasteiger partial charge in [-0.1, -0.05) is 57.5 Å². The van der Waals surface area contributed by atoms with Gasteiger partial charge in [0.25, 0.3) is 0 Å². The van der Waals surface area contributed by atoms with Gasteiger partial charge in [-0.25, -0.2) is 0 Å². The molecule has 0 spiro atoms. The molecule has 3 aromatic rings. The van der Waals surface area contributed by atoms with Crippen molar-refractivity contribution in [2.75, 3.05) is 11.1 Å². The number of ether oxygens (including phenoxy) is 1. The lowest BCUT2D eigenvalue weighted by atomic mass is 9.98. The molecule has 0 amide bonds. The van der Waals surface area contributed by atoms with Gasteiger partial charge >= 0.3 is 0 Å². The minimum atomic E-state index is 0.268. The van der Waals surface area contributed by atoms with E-state index in [1.165, 1.54) is 5.56 Å². The number of aromatic nitrogens is 1. The van der Waals surface area contributed by atoms with Gasteiger partial charge in [0.15, 0.2) is 0 Å². The van der Waals surface area contributed by atoms with Gasteiger partial charge in [-0.2, -0.15) is 4.47 Å². The van der Waals surface area contributed by atoms with Crippen molar-refractivity contribution in [3.8, 4) is 11.1 Å². The number of halogens is 1. The quantitative estimate of drug-likeness (QED) is 0.171. The fourth-order valence-electron chi connectivity index (χ4n) is 2.71. The van der Waals surface area contributed by atoms with E-state index in [0.29, 0.717) is 23.9 Å². The van der Waals surface area contributed by atoms with Gasteiger partial charge in [-0.3, -0.25) is 5.21 Å². The zero-order valence-corrected chi connectivity index (χ0v) is 18.9. The smallest absolute Gasteiger partial charge is 0.221 e. The molecule has 0 aliphatic rings. The SMILES string of the molecule is CCOCc1cc(CBr)ccc1-c1ccccc1SN(O)c1noc(C)c1S. The highest BCUT2D eigenvalue weighted by Crippen LogP contribution is 2.38. The molecule has 5 nitrogen and oxygen atoms in total. The van der Waals surface area contributed by atoms with Gasteiger partial charge in [0, 0.05) is 28.8 Å². The molecule has 8 heteroatoms. The molecular formula is C20H21BrN2O3S2. The van der Waals surface area contributed by atoms with E-state index in [2.05, 4.69) is 51.9 Å². The Hall–Kier alpha value is -1.45. The van der Waals surface area contributed by atoms with Crippen molar-refractivity contribution in [2.45, 2.75) is 35.6 Å². The summed E-state index contributed by atoms with van der Waals surface area (Å²) in [7, 11) is 0. The fourth-order valence-corrected chi connectivity index (χ4v) is 4.12. The van der Waals surface area contributed by atoms with Crippen molar-refractivity contribution < 1.29 is 14.5 Å². The molecule has 1 N–H and O–H groups in total. The Labute approximate surface area is 182 Å². The zero-order valence-electron chi connectivity index (χ0n) is 15.6. The summed E-state index contributed by atoms with van der Waals surface area (Å²) in [6, 6.07) is 14.2. The van der Waals surface area contributed by atoms with Crippen LogP contribution >= 0.6 is 40.5 Å². The number of rotatable bonds is 8. The molecule has 0 bridgehead atoms. The van der Waals surface area contributed by atoms with Crippen molar-refractivity contribution in [3.63, 3.8) is 0 Å². The number of thiol groups is 1. The van der Waals surface area contributed by atoms with Crippen molar-refractivity contribution in [2.24, 2.45) is 0 Å². The van der Waals surface area contributed by atoms with E-state index in [0.717, 1.165) is 43.3 Å². The lowest BCUT2D eigenvalue weighted by Crippen LogP contribution is -2.09. The van der Waals surface area contributed by atoms with Crippen LogP contribution in [-0.4, -0.2) is 17.0 Å². The molecule has 0 aliphatic heterocycles. The standard InChI is InChI=1S/C20H21BrN2O3S2/c1-3-25-12-15-10-14(11-21)8-9-16(15)17-6-4-5-7-18(17)28-23(24)20-19(27)13(2)26-22-20/h4-10,24,27H,3,11-12H2,1-2H3. The normalized spacial score (nSPS) is 11.0. The molecule has 2 aromatic carbocycles. The molecular weight excluding hydrogens is 460 g/mol.